The highest BCUT2D eigenvalue weighted by Crippen LogP contribution is 2.30. The lowest BCUT2D eigenvalue weighted by molar-refractivity contribution is 0.187. The number of aliphatic hydroxyl groups is 1. The van der Waals surface area contributed by atoms with E-state index in [1.807, 2.05) is 6.07 Å². The summed E-state index contributed by atoms with van der Waals surface area (Å²) in [5, 5.41) is 16.0. The van der Waals surface area contributed by atoms with Gasteiger partial charge in [0.25, 0.3) is 0 Å². The van der Waals surface area contributed by atoms with Crippen molar-refractivity contribution in [1.29, 1.82) is 0 Å². The Morgan fingerprint density at radius 2 is 2.26 bits per heavy atom. The van der Waals surface area contributed by atoms with E-state index in [4.69, 9.17) is 4.74 Å². The van der Waals surface area contributed by atoms with Gasteiger partial charge in [-0.1, -0.05) is 6.07 Å². The lowest BCUT2D eigenvalue weighted by Crippen LogP contribution is -2.34. The molecule has 3 atom stereocenters. The van der Waals surface area contributed by atoms with E-state index in [1.165, 1.54) is 5.56 Å². The maximum Gasteiger partial charge on any atom is 0.142 e. The number of hydrogen-bond acceptors (Lipinski definition) is 4. The lowest BCUT2D eigenvalue weighted by Gasteiger charge is -2.25. The summed E-state index contributed by atoms with van der Waals surface area (Å²) in [5.41, 5.74) is 2.35. The molecule has 2 rings (SSSR count). The number of anilines is 1. The SMILES string of the molecule is CC(O)CNC(C)Cc1ccc2c(c1)NCC(C)O2. The molecule has 106 valence electrons. The molecule has 3 N–H and O–H groups in total. The van der Waals surface area contributed by atoms with Crippen molar-refractivity contribution < 1.29 is 9.84 Å². The Labute approximate surface area is 115 Å². The molecule has 1 aliphatic rings. The Balaban J connectivity index is 1.94. The molecule has 0 bridgehead atoms. The Hall–Kier alpha value is -1.26. The molecule has 0 amide bonds. The summed E-state index contributed by atoms with van der Waals surface area (Å²) in [6.45, 7) is 7.47. The molecule has 3 unspecified atom stereocenters. The zero-order chi connectivity index (χ0) is 13.8. The summed E-state index contributed by atoms with van der Waals surface area (Å²) in [6, 6.07) is 6.64. The van der Waals surface area contributed by atoms with Gasteiger partial charge in [0.05, 0.1) is 18.3 Å². The average molecular weight is 264 g/mol. The Morgan fingerprint density at radius 3 is 3.00 bits per heavy atom. The topological polar surface area (TPSA) is 53.5 Å². The fraction of sp³-hybridized carbons (Fsp3) is 0.600. The summed E-state index contributed by atoms with van der Waals surface area (Å²) >= 11 is 0. The van der Waals surface area contributed by atoms with Crippen molar-refractivity contribution in [3.8, 4) is 5.75 Å². The predicted molar refractivity (Wildman–Crippen MR) is 77.9 cm³/mol. The summed E-state index contributed by atoms with van der Waals surface area (Å²) in [5.74, 6) is 0.937. The molecule has 0 saturated carbocycles. The highest BCUT2D eigenvalue weighted by atomic mass is 16.5. The highest BCUT2D eigenvalue weighted by Gasteiger charge is 2.15. The first-order chi connectivity index (χ1) is 9.04. The molecule has 1 heterocycles. The number of rotatable bonds is 5. The van der Waals surface area contributed by atoms with Gasteiger partial charge in [0.2, 0.25) is 0 Å². The van der Waals surface area contributed by atoms with Crippen molar-refractivity contribution in [2.24, 2.45) is 0 Å². The quantitative estimate of drug-likeness (QED) is 0.759. The van der Waals surface area contributed by atoms with Crippen LogP contribution in [0.3, 0.4) is 0 Å². The van der Waals surface area contributed by atoms with Gasteiger partial charge in [-0.15, -0.1) is 0 Å². The molecule has 0 aromatic heterocycles. The monoisotopic (exact) mass is 264 g/mol. The van der Waals surface area contributed by atoms with E-state index < -0.39 is 0 Å². The Kier molecular flexibility index (Phi) is 4.66. The molecule has 0 saturated heterocycles. The minimum Gasteiger partial charge on any atom is -0.487 e. The largest absolute Gasteiger partial charge is 0.487 e. The number of ether oxygens (including phenoxy) is 1. The molecular weight excluding hydrogens is 240 g/mol. The van der Waals surface area contributed by atoms with Crippen LogP contribution in [0.1, 0.15) is 26.3 Å². The molecule has 0 aliphatic carbocycles. The van der Waals surface area contributed by atoms with Crippen LogP contribution in [0.25, 0.3) is 0 Å². The Morgan fingerprint density at radius 1 is 1.47 bits per heavy atom. The van der Waals surface area contributed by atoms with Crippen molar-refractivity contribution in [1.82, 2.24) is 5.32 Å². The molecular formula is C15H24N2O2. The minimum atomic E-state index is -0.303. The van der Waals surface area contributed by atoms with Crippen molar-refractivity contribution in [3.05, 3.63) is 23.8 Å². The van der Waals surface area contributed by atoms with Crippen LogP contribution in [-0.4, -0.2) is 36.4 Å². The number of nitrogens with one attached hydrogen (secondary N) is 2. The molecule has 1 aromatic carbocycles. The zero-order valence-corrected chi connectivity index (χ0v) is 11.9. The molecule has 1 aromatic rings. The molecule has 1 aliphatic heterocycles. The number of fused-ring (bicyclic) bond motifs is 1. The summed E-state index contributed by atoms with van der Waals surface area (Å²) in [7, 11) is 0. The van der Waals surface area contributed by atoms with Crippen LogP contribution in [-0.2, 0) is 6.42 Å². The normalized spacial score (nSPS) is 20.9. The summed E-state index contributed by atoms with van der Waals surface area (Å²) in [6.07, 6.45) is 0.865. The van der Waals surface area contributed by atoms with Crippen LogP contribution in [0.4, 0.5) is 5.69 Å². The lowest BCUT2D eigenvalue weighted by atomic mass is 10.0. The van der Waals surface area contributed by atoms with Crippen molar-refractivity contribution >= 4 is 5.69 Å². The van der Waals surface area contributed by atoms with Gasteiger partial charge in [-0.05, 0) is 44.9 Å². The molecule has 0 radical (unpaired) electrons. The average Bonchev–Trinajstić information content (AvgIpc) is 2.36. The fourth-order valence-corrected chi connectivity index (χ4v) is 2.25. The van der Waals surface area contributed by atoms with E-state index in [9.17, 15) is 5.11 Å². The fourth-order valence-electron chi connectivity index (χ4n) is 2.25. The van der Waals surface area contributed by atoms with E-state index in [0.29, 0.717) is 12.6 Å². The van der Waals surface area contributed by atoms with Crippen LogP contribution in [0.5, 0.6) is 5.75 Å². The molecule has 0 fully saturated rings. The van der Waals surface area contributed by atoms with E-state index in [1.54, 1.807) is 6.92 Å². The maximum atomic E-state index is 9.26. The third kappa shape index (κ3) is 4.11. The summed E-state index contributed by atoms with van der Waals surface area (Å²) in [4.78, 5) is 0. The van der Waals surface area contributed by atoms with Crippen LogP contribution in [0.2, 0.25) is 0 Å². The predicted octanol–water partition coefficient (Wildman–Crippen LogP) is 1.78. The second-order valence-corrected chi connectivity index (χ2v) is 5.50. The van der Waals surface area contributed by atoms with Crippen molar-refractivity contribution in [2.45, 2.75) is 45.4 Å². The van der Waals surface area contributed by atoms with E-state index >= 15 is 0 Å². The van der Waals surface area contributed by atoms with Gasteiger partial charge in [-0.3, -0.25) is 0 Å². The third-order valence-corrected chi connectivity index (χ3v) is 3.26. The van der Waals surface area contributed by atoms with E-state index in [0.717, 1.165) is 24.4 Å². The highest BCUT2D eigenvalue weighted by molar-refractivity contribution is 5.59. The van der Waals surface area contributed by atoms with Crippen molar-refractivity contribution in [2.75, 3.05) is 18.4 Å². The first-order valence-electron chi connectivity index (χ1n) is 6.99. The van der Waals surface area contributed by atoms with E-state index in [2.05, 4.69) is 36.6 Å². The smallest absolute Gasteiger partial charge is 0.142 e. The second kappa shape index (κ2) is 6.26. The van der Waals surface area contributed by atoms with Gasteiger partial charge in [-0.25, -0.2) is 0 Å². The number of benzene rings is 1. The third-order valence-electron chi connectivity index (χ3n) is 3.26. The molecule has 0 spiro atoms. The van der Waals surface area contributed by atoms with Gasteiger partial charge < -0.3 is 20.5 Å². The van der Waals surface area contributed by atoms with Crippen LogP contribution >= 0.6 is 0 Å². The van der Waals surface area contributed by atoms with Gasteiger partial charge in [0, 0.05) is 12.6 Å². The number of aliphatic hydroxyl groups excluding tert-OH is 1. The van der Waals surface area contributed by atoms with E-state index in [-0.39, 0.29) is 12.2 Å². The zero-order valence-electron chi connectivity index (χ0n) is 11.9. The molecule has 4 heteroatoms. The number of hydrogen-bond donors (Lipinski definition) is 3. The summed E-state index contributed by atoms with van der Waals surface area (Å²) < 4.78 is 5.76. The van der Waals surface area contributed by atoms with Gasteiger partial charge >= 0.3 is 0 Å². The van der Waals surface area contributed by atoms with Crippen LogP contribution in [0.15, 0.2) is 18.2 Å². The minimum absolute atomic E-state index is 0.227. The Bertz CT molecular complexity index is 421. The van der Waals surface area contributed by atoms with Crippen molar-refractivity contribution in [3.63, 3.8) is 0 Å². The second-order valence-electron chi connectivity index (χ2n) is 5.50. The molecule has 4 nitrogen and oxygen atoms in total. The van der Waals surface area contributed by atoms with Crippen LogP contribution in [0, 0.1) is 0 Å². The van der Waals surface area contributed by atoms with Crippen LogP contribution < -0.4 is 15.4 Å². The standard InChI is InChI=1S/C15H24N2O2/c1-10(16-8-11(2)18)6-13-4-5-15-14(7-13)17-9-12(3)19-15/h4-5,7,10-12,16-18H,6,8-9H2,1-3H3. The van der Waals surface area contributed by atoms with Gasteiger partial charge in [0.15, 0.2) is 0 Å². The molecule has 19 heavy (non-hydrogen) atoms. The maximum absolute atomic E-state index is 9.26. The van der Waals surface area contributed by atoms with Gasteiger partial charge in [-0.2, -0.15) is 0 Å². The first kappa shape index (κ1) is 14.2. The first-order valence-corrected chi connectivity index (χ1v) is 6.99. The van der Waals surface area contributed by atoms with Gasteiger partial charge in [0.1, 0.15) is 11.9 Å².